The number of carboxylic acids is 1. The molecule has 106 valence electrons. The first-order valence-corrected chi connectivity index (χ1v) is 6.88. The average Bonchev–Trinajstić information content (AvgIpc) is 2.27. The van der Waals surface area contributed by atoms with Crippen molar-refractivity contribution in [2.75, 3.05) is 18.1 Å². The van der Waals surface area contributed by atoms with Crippen LogP contribution in [0.25, 0.3) is 0 Å². The number of hydrogen-bond acceptors (Lipinski definition) is 5. The molecule has 0 spiro atoms. The number of carbonyl (C=O) groups is 3. The minimum atomic E-state index is -0.948. The molecule has 0 radical (unpaired) electrons. The molecule has 0 saturated carbocycles. The van der Waals surface area contributed by atoms with E-state index in [1.54, 1.807) is 13.8 Å². The molecule has 7 nitrogen and oxygen atoms in total. The monoisotopic (exact) mass is 288 g/mol. The zero-order valence-electron chi connectivity index (χ0n) is 10.7. The standard InChI is InChI=1S/C11H16N2O5S/c1-3-18-10(16)9-6(2)12-11(17)13-7(9)4-19-5-8(14)15/h6H,3-5H2,1-2H3,(H,14,15)(H2,12,13,17). The molecule has 2 amide bonds. The largest absolute Gasteiger partial charge is 0.481 e. The lowest BCUT2D eigenvalue weighted by molar-refractivity contribution is -0.139. The molecular formula is C11H16N2O5S. The summed E-state index contributed by atoms with van der Waals surface area (Å²) >= 11 is 1.10. The van der Waals surface area contributed by atoms with E-state index in [0.29, 0.717) is 11.3 Å². The van der Waals surface area contributed by atoms with Gasteiger partial charge in [-0.1, -0.05) is 0 Å². The van der Waals surface area contributed by atoms with Crippen LogP contribution in [0.2, 0.25) is 0 Å². The van der Waals surface area contributed by atoms with Crippen molar-refractivity contribution in [3.05, 3.63) is 11.3 Å². The van der Waals surface area contributed by atoms with Gasteiger partial charge in [0, 0.05) is 11.4 Å². The Morgan fingerprint density at radius 2 is 2.16 bits per heavy atom. The first kappa shape index (κ1) is 15.4. The minimum absolute atomic E-state index is 0.0999. The second-order valence-corrected chi connectivity index (χ2v) is 4.80. The molecule has 19 heavy (non-hydrogen) atoms. The molecule has 1 aliphatic heterocycles. The maximum Gasteiger partial charge on any atom is 0.337 e. The summed E-state index contributed by atoms with van der Waals surface area (Å²) in [5.41, 5.74) is 0.736. The number of carbonyl (C=O) groups excluding carboxylic acids is 2. The lowest BCUT2D eigenvalue weighted by Gasteiger charge is -2.26. The Hall–Kier alpha value is -1.70. The Balaban J connectivity index is 2.86. The van der Waals surface area contributed by atoms with Crippen LogP contribution in [0.3, 0.4) is 0 Å². The van der Waals surface area contributed by atoms with Crippen LogP contribution >= 0.6 is 11.8 Å². The first-order valence-electron chi connectivity index (χ1n) is 5.73. The fourth-order valence-corrected chi connectivity index (χ4v) is 2.34. The molecule has 1 rings (SSSR count). The van der Waals surface area contributed by atoms with Crippen molar-refractivity contribution in [1.29, 1.82) is 0 Å². The average molecular weight is 288 g/mol. The highest BCUT2D eigenvalue weighted by atomic mass is 32.2. The summed E-state index contributed by atoms with van der Waals surface area (Å²) in [5, 5.41) is 13.7. The maximum atomic E-state index is 11.8. The number of hydrogen-bond donors (Lipinski definition) is 3. The van der Waals surface area contributed by atoms with Gasteiger partial charge in [-0.05, 0) is 13.8 Å². The summed E-state index contributed by atoms with van der Waals surface area (Å²) in [7, 11) is 0. The lowest BCUT2D eigenvalue weighted by Crippen LogP contribution is -2.49. The van der Waals surface area contributed by atoms with Crippen molar-refractivity contribution in [2.24, 2.45) is 0 Å². The van der Waals surface area contributed by atoms with Crippen LogP contribution in [-0.4, -0.2) is 47.2 Å². The molecule has 0 aromatic carbocycles. The van der Waals surface area contributed by atoms with Gasteiger partial charge < -0.3 is 20.5 Å². The van der Waals surface area contributed by atoms with Crippen LogP contribution in [0, 0.1) is 0 Å². The van der Waals surface area contributed by atoms with Crippen molar-refractivity contribution < 1.29 is 24.2 Å². The smallest absolute Gasteiger partial charge is 0.337 e. The molecule has 1 atom stereocenters. The van der Waals surface area contributed by atoms with E-state index in [9.17, 15) is 14.4 Å². The fourth-order valence-electron chi connectivity index (χ4n) is 1.63. The predicted octanol–water partition coefficient (Wildman–Crippen LogP) is 0.323. The van der Waals surface area contributed by atoms with E-state index in [1.807, 2.05) is 0 Å². The van der Waals surface area contributed by atoms with Crippen molar-refractivity contribution >= 4 is 29.7 Å². The third kappa shape index (κ3) is 4.47. The Morgan fingerprint density at radius 3 is 2.74 bits per heavy atom. The van der Waals surface area contributed by atoms with Crippen LogP contribution in [0.4, 0.5) is 4.79 Å². The summed E-state index contributed by atoms with van der Waals surface area (Å²) in [5.74, 6) is -1.32. The number of amides is 2. The van der Waals surface area contributed by atoms with E-state index >= 15 is 0 Å². The summed E-state index contributed by atoms with van der Waals surface area (Å²) in [6.45, 7) is 3.60. The first-order chi connectivity index (χ1) is 8.95. The fraction of sp³-hybridized carbons (Fsp3) is 0.545. The number of aliphatic carboxylic acids is 1. The van der Waals surface area contributed by atoms with Crippen molar-refractivity contribution in [3.63, 3.8) is 0 Å². The number of thioether (sulfide) groups is 1. The van der Waals surface area contributed by atoms with E-state index in [0.717, 1.165) is 11.8 Å². The highest BCUT2D eigenvalue weighted by molar-refractivity contribution is 8.00. The summed E-state index contributed by atoms with van der Waals surface area (Å²) in [6.07, 6.45) is 0. The topological polar surface area (TPSA) is 105 Å². The number of urea groups is 1. The van der Waals surface area contributed by atoms with E-state index in [-0.39, 0.29) is 18.1 Å². The summed E-state index contributed by atoms with van der Waals surface area (Å²) < 4.78 is 4.93. The van der Waals surface area contributed by atoms with Gasteiger partial charge in [-0.25, -0.2) is 9.59 Å². The molecule has 0 aliphatic carbocycles. The Morgan fingerprint density at radius 1 is 1.47 bits per heavy atom. The molecule has 1 unspecified atom stereocenters. The molecular weight excluding hydrogens is 272 g/mol. The van der Waals surface area contributed by atoms with Gasteiger partial charge in [-0.2, -0.15) is 0 Å². The second-order valence-electron chi connectivity index (χ2n) is 3.82. The Labute approximate surface area is 114 Å². The number of esters is 1. The molecule has 0 fully saturated rings. The number of nitrogens with one attached hydrogen (secondary N) is 2. The number of carboxylic acid groups (broad SMARTS) is 1. The number of ether oxygens (including phenoxy) is 1. The van der Waals surface area contributed by atoms with Gasteiger partial charge in [0.15, 0.2) is 0 Å². The minimum Gasteiger partial charge on any atom is -0.481 e. The molecule has 0 bridgehead atoms. The van der Waals surface area contributed by atoms with Crippen LogP contribution in [0.15, 0.2) is 11.3 Å². The molecule has 0 saturated heterocycles. The molecule has 0 aromatic heterocycles. The van der Waals surface area contributed by atoms with Gasteiger partial charge in [-0.15, -0.1) is 11.8 Å². The van der Waals surface area contributed by atoms with Crippen LogP contribution in [-0.2, 0) is 14.3 Å². The number of rotatable bonds is 6. The van der Waals surface area contributed by atoms with Gasteiger partial charge in [0.1, 0.15) is 0 Å². The van der Waals surface area contributed by atoms with Gasteiger partial charge in [-0.3, -0.25) is 4.79 Å². The van der Waals surface area contributed by atoms with Crippen molar-refractivity contribution in [3.8, 4) is 0 Å². The van der Waals surface area contributed by atoms with E-state index in [2.05, 4.69) is 10.6 Å². The highest BCUT2D eigenvalue weighted by Gasteiger charge is 2.29. The Kier molecular flexibility index (Phi) is 5.68. The van der Waals surface area contributed by atoms with Crippen LogP contribution in [0.5, 0.6) is 0 Å². The summed E-state index contributed by atoms with van der Waals surface area (Å²) in [4.78, 5) is 33.7. The Bertz CT molecular complexity index is 421. The van der Waals surface area contributed by atoms with Crippen molar-refractivity contribution in [2.45, 2.75) is 19.9 Å². The maximum absolute atomic E-state index is 11.8. The van der Waals surface area contributed by atoms with Crippen LogP contribution in [0.1, 0.15) is 13.8 Å². The normalized spacial score (nSPS) is 18.6. The second kappa shape index (κ2) is 7.03. The molecule has 3 N–H and O–H groups in total. The van der Waals surface area contributed by atoms with E-state index in [1.165, 1.54) is 0 Å². The van der Waals surface area contributed by atoms with E-state index < -0.39 is 24.0 Å². The molecule has 0 aromatic rings. The van der Waals surface area contributed by atoms with Gasteiger partial charge in [0.2, 0.25) is 0 Å². The summed E-state index contributed by atoms with van der Waals surface area (Å²) in [6, 6.07) is -0.875. The molecule has 1 heterocycles. The molecule has 8 heteroatoms. The predicted molar refractivity (Wildman–Crippen MR) is 69.7 cm³/mol. The quantitative estimate of drug-likeness (QED) is 0.608. The zero-order valence-corrected chi connectivity index (χ0v) is 11.5. The van der Waals surface area contributed by atoms with Crippen LogP contribution < -0.4 is 10.6 Å². The van der Waals surface area contributed by atoms with Gasteiger partial charge in [0.25, 0.3) is 0 Å². The highest BCUT2D eigenvalue weighted by Crippen LogP contribution is 2.18. The third-order valence-electron chi connectivity index (χ3n) is 2.34. The lowest BCUT2D eigenvalue weighted by atomic mass is 10.1. The zero-order chi connectivity index (χ0) is 14.4. The van der Waals surface area contributed by atoms with Gasteiger partial charge in [0.05, 0.1) is 24.0 Å². The van der Waals surface area contributed by atoms with E-state index in [4.69, 9.17) is 9.84 Å². The van der Waals surface area contributed by atoms with Crippen molar-refractivity contribution in [1.82, 2.24) is 10.6 Å². The third-order valence-corrected chi connectivity index (χ3v) is 3.28. The van der Waals surface area contributed by atoms with Gasteiger partial charge >= 0.3 is 18.0 Å². The SMILES string of the molecule is CCOC(=O)C1=C(CSCC(=O)O)NC(=O)NC1C. The molecule has 1 aliphatic rings.